The zero-order valence-electron chi connectivity index (χ0n) is 9.28. The second-order valence-corrected chi connectivity index (χ2v) is 6.30. The first-order valence-corrected chi connectivity index (χ1v) is 7.66. The molecule has 2 aliphatic heterocycles. The Labute approximate surface area is 107 Å². The van der Waals surface area contributed by atoms with E-state index in [0.29, 0.717) is 6.67 Å². The molecule has 88 valence electrons. The van der Waals surface area contributed by atoms with Crippen LogP contribution >= 0.6 is 15.9 Å². The van der Waals surface area contributed by atoms with Gasteiger partial charge in [0.2, 0.25) is 0 Å². The van der Waals surface area contributed by atoms with Gasteiger partial charge in [-0.05, 0) is 25.8 Å². The maximum Gasteiger partial charge on any atom is 0.110 e. The fraction of sp³-hybridized carbons (Fsp3) is 0.545. The molecule has 3 nitrogen and oxygen atoms in total. The third kappa shape index (κ3) is 2.30. The third-order valence-corrected chi connectivity index (χ3v) is 4.68. The second-order valence-electron chi connectivity index (χ2n) is 3.89. The average molecular weight is 303 g/mol. The molecule has 2 aliphatic rings. The molecular formula is C11H15BrN2OS. The first kappa shape index (κ1) is 12.0. The number of nitrogens with zero attached hydrogens (tertiary/aromatic N) is 2. The maximum absolute atomic E-state index is 11.9. The van der Waals surface area contributed by atoms with Crippen molar-refractivity contribution in [3.63, 3.8) is 0 Å². The Bertz CT molecular complexity index is 401. The number of hydrogen-bond donors (Lipinski definition) is 0. The van der Waals surface area contributed by atoms with E-state index < -0.39 is 10.8 Å². The van der Waals surface area contributed by atoms with E-state index in [2.05, 4.69) is 25.8 Å². The normalized spacial score (nSPS) is 23.8. The van der Waals surface area contributed by atoms with Crippen LogP contribution in [0.1, 0.15) is 19.8 Å². The van der Waals surface area contributed by atoms with Crippen molar-refractivity contribution in [3.05, 3.63) is 21.6 Å². The average Bonchev–Trinajstić information content (AvgIpc) is 2.57. The van der Waals surface area contributed by atoms with E-state index in [1.54, 1.807) is 6.21 Å². The van der Waals surface area contributed by atoms with E-state index in [1.807, 2.05) is 13.0 Å². The maximum atomic E-state index is 11.9. The van der Waals surface area contributed by atoms with Gasteiger partial charge in [0.05, 0.1) is 21.4 Å². The van der Waals surface area contributed by atoms with Crippen molar-refractivity contribution in [1.29, 1.82) is 0 Å². The minimum atomic E-state index is -0.972. The van der Waals surface area contributed by atoms with Gasteiger partial charge in [0.15, 0.2) is 0 Å². The van der Waals surface area contributed by atoms with Crippen LogP contribution in [0.2, 0.25) is 0 Å². The zero-order chi connectivity index (χ0) is 11.5. The SMILES string of the molecule is CC1=CC2=C(C=NCN2CCCCBr)S1=O. The summed E-state index contributed by atoms with van der Waals surface area (Å²) in [6.07, 6.45) is 6.09. The van der Waals surface area contributed by atoms with E-state index >= 15 is 0 Å². The van der Waals surface area contributed by atoms with Crippen LogP contribution in [0.4, 0.5) is 0 Å². The van der Waals surface area contributed by atoms with Crippen molar-refractivity contribution in [1.82, 2.24) is 4.90 Å². The van der Waals surface area contributed by atoms with Gasteiger partial charge >= 0.3 is 0 Å². The van der Waals surface area contributed by atoms with Gasteiger partial charge in [-0.2, -0.15) is 0 Å². The molecule has 0 saturated heterocycles. The number of alkyl halides is 1. The predicted molar refractivity (Wildman–Crippen MR) is 72.0 cm³/mol. The van der Waals surface area contributed by atoms with Gasteiger partial charge in [-0.15, -0.1) is 0 Å². The molecule has 5 heteroatoms. The lowest BCUT2D eigenvalue weighted by molar-refractivity contribution is 0.356. The first-order chi connectivity index (χ1) is 7.74. The summed E-state index contributed by atoms with van der Waals surface area (Å²) in [4.78, 5) is 8.30. The lowest BCUT2D eigenvalue weighted by atomic mass is 10.2. The molecule has 0 aromatic rings. The van der Waals surface area contributed by atoms with Crippen LogP contribution in [0.15, 0.2) is 26.6 Å². The molecule has 0 aromatic heterocycles. The monoisotopic (exact) mass is 302 g/mol. The predicted octanol–water partition coefficient (Wildman–Crippen LogP) is 2.38. The molecule has 1 atom stereocenters. The quantitative estimate of drug-likeness (QED) is 0.590. The number of hydrogen-bond acceptors (Lipinski definition) is 3. The fourth-order valence-electron chi connectivity index (χ4n) is 1.83. The van der Waals surface area contributed by atoms with Crippen LogP contribution in [0.3, 0.4) is 0 Å². The summed E-state index contributed by atoms with van der Waals surface area (Å²) in [5, 5.41) is 1.04. The summed E-state index contributed by atoms with van der Waals surface area (Å²) in [6, 6.07) is 0. The highest BCUT2D eigenvalue weighted by atomic mass is 79.9. The van der Waals surface area contributed by atoms with Gasteiger partial charge in [-0.1, -0.05) is 15.9 Å². The van der Waals surface area contributed by atoms with E-state index in [1.165, 1.54) is 0 Å². The van der Waals surface area contributed by atoms with E-state index in [9.17, 15) is 4.21 Å². The van der Waals surface area contributed by atoms with Crippen molar-refractivity contribution >= 4 is 32.9 Å². The van der Waals surface area contributed by atoms with Gasteiger partial charge in [0.25, 0.3) is 0 Å². The summed E-state index contributed by atoms with van der Waals surface area (Å²) < 4.78 is 11.9. The smallest absolute Gasteiger partial charge is 0.110 e. The number of allylic oxidation sites excluding steroid dienone is 3. The largest absolute Gasteiger partial charge is 0.351 e. The van der Waals surface area contributed by atoms with Crippen molar-refractivity contribution in [3.8, 4) is 0 Å². The highest BCUT2D eigenvalue weighted by Gasteiger charge is 2.25. The van der Waals surface area contributed by atoms with Crippen LogP contribution < -0.4 is 0 Å². The van der Waals surface area contributed by atoms with Crippen molar-refractivity contribution in [2.75, 3.05) is 18.5 Å². The lowest BCUT2D eigenvalue weighted by Gasteiger charge is -2.25. The van der Waals surface area contributed by atoms with Crippen LogP contribution in [-0.4, -0.2) is 33.9 Å². The Morgan fingerprint density at radius 1 is 1.56 bits per heavy atom. The van der Waals surface area contributed by atoms with Gasteiger partial charge in [-0.3, -0.25) is 4.99 Å². The van der Waals surface area contributed by atoms with Crippen molar-refractivity contribution in [2.45, 2.75) is 19.8 Å². The van der Waals surface area contributed by atoms with Crippen LogP contribution in [-0.2, 0) is 10.8 Å². The molecule has 0 spiro atoms. The number of halogens is 1. The summed E-state index contributed by atoms with van der Waals surface area (Å²) in [6.45, 7) is 3.60. The van der Waals surface area contributed by atoms with Crippen LogP contribution in [0.5, 0.6) is 0 Å². The van der Waals surface area contributed by atoms with E-state index in [4.69, 9.17) is 0 Å². The van der Waals surface area contributed by atoms with Gasteiger partial charge in [0, 0.05) is 23.0 Å². The zero-order valence-corrected chi connectivity index (χ0v) is 11.7. The van der Waals surface area contributed by atoms with Crippen LogP contribution in [0.25, 0.3) is 0 Å². The summed E-state index contributed by atoms with van der Waals surface area (Å²) in [5.41, 5.74) is 1.11. The van der Waals surface area contributed by atoms with Crippen LogP contribution in [0, 0.1) is 0 Å². The van der Waals surface area contributed by atoms with Gasteiger partial charge in [0.1, 0.15) is 6.67 Å². The molecule has 0 aromatic carbocycles. The minimum Gasteiger partial charge on any atom is -0.351 e. The molecule has 0 aliphatic carbocycles. The molecule has 0 amide bonds. The Morgan fingerprint density at radius 3 is 3.12 bits per heavy atom. The summed E-state index contributed by atoms with van der Waals surface area (Å²) >= 11 is 3.43. The van der Waals surface area contributed by atoms with Crippen molar-refractivity contribution in [2.24, 2.45) is 4.99 Å². The van der Waals surface area contributed by atoms with Crippen molar-refractivity contribution < 1.29 is 4.21 Å². The minimum absolute atomic E-state index is 0.697. The molecular weight excluding hydrogens is 288 g/mol. The molecule has 0 bridgehead atoms. The highest BCUT2D eigenvalue weighted by molar-refractivity contribution is 9.09. The first-order valence-electron chi connectivity index (χ1n) is 5.39. The number of rotatable bonds is 4. The van der Waals surface area contributed by atoms with E-state index in [-0.39, 0.29) is 0 Å². The Kier molecular flexibility index (Phi) is 3.97. The highest BCUT2D eigenvalue weighted by Crippen LogP contribution is 2.29. The topological polar surface area (TPSA) is 32.7 Å². The second kappa shape index (κ2) is 5.27. The molecule has 0 saturated carbocycles. The molecule has 0 radical (unpaired) electrons. The third-order valence-electron chi connectivity index (χ3n) is 2.70. The van der Waals surface area contributed by atoms with Gasteiger partial charge < -0.3 is 4.90 Å². The molecule has 2 heterocycles. The standard InChI is InChI=1S/C11H15BrN2OS/c1-9-6-10-11(16(9)15)7-13-8-14(10)5-3-2-4-12/h6-7H,2-5,8H2,1H3. The van der Waals surface area contributed by atoms with E-state index in [0.717, 1.165) is 40.2 Å². The molecule has 1 unspecified atom stereocenters. The molecule has 16 heavy (non-hydrogen) atoms. The molecule has 2 rings (SSSR count). The fourth-order valence-corrected chi connectivity index (χ4v) is 3.34. The lowest BCUT2D eigenvalue weighted by Crippen LogP contribution is -2.27. The summed E-state index contributed by atoms with van der Waals surface area (Å²) in [7, 11) is -0.972. The molecule has 0 N–H and O–H groups in total. The number of aliphatic imine (C=N–C) groups is 1. The Morgan fingerprint density at radius 2 is 2.38 bits per heavy atom. The Hall–Kier alpha value is -0.420. The Balaban J connectivity index is 2.09. The number of unbranched alkanes of at least 4 members (excludes halogenated alkanes) is 1. The molecule has 0 fully saturated rings. The summed E-state index contributed by atoms with van der Waals surface area (Å²) in [5.74, 6) is 0. The van der Waals surface area contributed by atoms with Gasteiger partial charge in [-0.25, -0.2) is 4.21 Å².